The van der Waals surface area contributed by atoms with Crippen LogP contribution in [0.25, 0.3) is 0 Å². The van der Waals surface area contributed by atoms with Gasteiger partial charge in [-0.25, -0.2) is 4.79 Å². The Morgan fingerprint density at radius 2 is 1.40 bits per heavy atom. The summed E-state index contributed by atoms with van der Waals surface area (Å²) >= 11 is 6.39. The number of amides is 3. The Morgan fingerprint density at radius 3 is 1.85 bits per heavy atom. The first-order valence-electron chi connectivity index (χ1n) is 11.4. The van der Waals surface area contributed by atoms with Gasteiger partial charge >= 0.3 is 6.09 Å². The van der Waals surface area contributed by atoms with Gasteiger partial charge in [0.1, 0.15) is 23.0 Å². The molecule has 2 aliphatic heterocycles. The first kappa shape index (κ1) is 32.9. The lowest BCUT2D eigenvalue weighted by molar-refractivity contribution is -0.384. The topological polar surface area (TPSA) is 209 Å². The van der Waals surface area contributed by atoms with Crippen LogP contribution in [0.4, 0.5) is 27.5 Å². The highest BCUT2D eigenvalue weighted by Gasteiger charge is 2.33. The molecule has 0 saturated heterocycles. The minimum atomic E-state index is -0.855. The molecule has 0 fully saturated rings. The van der Waals surface area contributed by atoms with Gasteiger partial charge in [-0.05, 0) is 50.5 Å². The maximum atomic E-state index is 12.1. The molecule has 2 aromatic rings. The number of carbonyl (C=O) groups is 3. The Labute approximate surface area is 250 Å². The van der Waals surface area contributed by atoms with Gasteiger partial charge < -0.3 is 26.4 Å². The lowest BCUT2D eigenvalue weighted by Crippen LogP contribution is -2.49. The van der Waals surface area contributed by atoms with Gasteiger partial charge in [0.05, 0.1) is 15.9 Å². The Hall–Kier alpha value is -3.34. The Morgan fingerprint density at radius 1 is 0.950 bits per heavy atom. The summed E-state index contributed by atoms with van der Waals surface area (Å²) in [6.45, 7) is 5.13. The number of nitro groups is 2. The number of carbonyl (C=O) groups excluding carboxylic acids is 3. The molecule has 0 spiro atoms. The molecule has 5 N–H and O–H groups in total. The molecule has 4 rings (SSSR count). The van der Waals surface area contributed by atoms with Gasteiger partial charge in [0.25, 0.3) is 11.4 Å². The van der Waals surface area contributed by atoms with Gasteiger partial charge in [0.2, 0.25) is 11.8 Å². The van der Waals surface area contributed by atoms with E-state index in [4.69, 9.17) is 10.5 Å². The highest BCUT2D eigenvalue weighted by molar-refractivity contribution is 9.10. The van der Waals surface area contributed by atoms with Crippen molar-refractivity contribution in [2.24, 2.45) is 5.73 Å². The summed E-state index contributed by atoms with van der Waals surface area (Å²) < 4.78 is 6.24. The van der Waals surface area contributed by atoms with E-state index in [1.54, 1.807) is 32.9 Å². The number of nitrogens with one attached hydrogen (secondary N) is 3. The predicted octanol–water partition coefficient (Wildman–Crippen LogP) is 4.35. The van der Waals surface area contributed by atoms with Crippen LogP contribution in [0.1, 0.15) is 31.9 Å². The molecule has 2 aliphatic rings. The molecule has 0 aromatic heterocycles. The number of ether oxygens (including phenoxy) is 1. The van der Waals surface area contributed by atoms with Crippen LogP contribution in [0.15, 0.2) is 33.2 Å². The summed E-state index contributed by atoms with van der Waals surface area (Å²) in [5, 5.41) is 29.3. The standard InChI is InChI=1S/C14H16BrN3O5.C9H8BrN3O3.ClH/c1-14(2,3)23-13(20)16-9-5-7-4-8(15)6-10(18(21)22)11(7)17-12(9)19;10-5-1-4-2-6(11)9(14)12-8(4)7(3-5)13(15)16;/h4,6,9H,5H2,1-3H3,(H,16,20)(H,17,19);1,3,6H,2,11H2,(H,12,14);1H. The van der Waals surface area contributed by atoms with E-state index in [1.165, 1.54) is 12.1 Å². The summed E-state index contributed by atoms with van der Waals surface area (Å²) in [5.74, 6) is -0.910. The van der Waals surface area contributed by atoms with E-state index in [2.05, 4.69) is 47.8 Å². The largest absolute Gasteiger partial charge is 0.444 e. The van der Waals surface area contributed by atoms with Gasteiger partial charge in [0, 0.05) is 27.5 Å². The van der Waals surface area contributed by atoms with Gasteiger partial charge in [-0.1, -0.05) is 31.9 Å². The summed E-state index contributed by atoms with van der Waals surface area (Å²) in [7, 11) is 0. The van der Waals surface area contributed by atoms with Crippen LogP contribution in [0.5, 0.6) is 0 Å². The fraction of sp³-hybridized carbons (Fsp3) is 0.348. The van der Waals surface area contributed by atoms with E-state index in [0.717, 1.165) is 0 Å². The zero-order chi connectivity index (χ0) is 29.2. The van der Waals surface area contributed by atoms with E-state index in [0.29, 0.717) is 26.5 Å². The SMILES string of the molecule is CC(C)(C)OC(=O)NC1Cc2cc(Br)cc([N+](=O)[O-])c2NC1=O.Cl.NC1Cc2cc(Br)cc([N+](=O)[O-])c2NC1=O. The number of alkyl carbamates (subject to hydrolysis) is 1. The summed E-state index contributed by atoms with van der Waals surface area (Å²) in [4.78, 5) is 56.1. The molecular weight excluding hydrogens is 684 g/mol. The maximum Gasteiger partial charge on any atom is 0.408 e. The Bertz CT molecular complexity index is 1380. The third-order valence-corrected chi connectivity index (χ3v) is 6.34. The number of nitrogens with zero attached hydrogens (tertiary/aromatic N) is 2. The normalized spacial score (nSPS) is 17.4. The van der Waals surface area contributed by atoms with Crippen LogP contribution in [0.2, 0.25) is 0 Å². The molecule has 17 heteroatoms. The Balaban J connectivity index is 0.000000290. The lowest BCUT2D eigenvalue weighted by atomic mass is 9.98. The van der Waals surface area contributed by atoms with Crippen molar-refractivity contribution in [1.82, 2.24) is 5.32 Å². The second-order valence-electron chi connectivity index (χ2n) is 9.62. The molecular formula is C23H25Br2ClN6O8. The first-order valence-corrected chi connectivity index (χ1v) is 12.9. The maximum absolute atomic E-state index is 12.1. The van der Waals surface area contributed by atoms with Crippen molar-refractivity contribution in [3.63, 3.8) is 0 Å². The van der Waals surface area contributed by atoms with E-state index in [-0.39, 0.29) is 41.6 Å². The molecule has 2 unspecified atom stereocenters. The average molecular weight is 709 g/mol. The molecule has 14 nitrogen and oxygen atoms in total. The second kappa shape index (κ2) is 12.9. The van der Waals surface area contributed by atoms with E-state index in [1.807, 2.05) is 0 Å². The van der Waals surface area contributed by atoms with Gasteiger partial charge in [0.15, 0.2) is 0 Å². The molecule has 3 amide bonds. The van der Waals surface area contributed by atoms with E-state index >= 15 is 0 Å². The van der Waals surface area contributed by atoms with Crippen molar-refractivity contribution >= 4 is 84.9 Å². The van der Waals surface area contributed by atoms with Crippen LogP contribution < -0.4 is 21.7 Å². The number of nitro benzene ring substituents is 2. The molecule has 0 radical (unpaired) electrons. The number of hydrogen-bond acceptors (Lipinski definition) is 9. The lowest BCUT2D eigenvalue weighted by Gasteiger charge is -2.27. The molecule has 0 aliphatic carbocycles. The third kappa shape index (κ3) is 8.09. The summed E-state index contributed by atoms with van der Waals surface area (Å²) in [6, 6.07) is 4.57. The van der Waals surface area contributed by atoms with E-state index in [9.17, 15) is 34.6 Å². The third-order valence-electron chi connectivity index (χ3n) is 5.43. The van der Waals surface area contributed by atoms with Crippen molar-refractivity contribution in [2.45, 2.75) is 51.3 Å². The zero-order valence-corrected chi connectivity index (χ0v) is 25.3. The monoisotopic (exact) mass is 706 g/mol. The fourth-order valence-electron chi connectivity index (χ4n) is 3.83. The van der Waals surface area contributed by atoms with Crippen molar-refractivity contribution in [1.29, 1.82) is 0 Å². The average Bonchev–Trinajstić information content (AvgIpc) is 2.79. The van der Waals surface area contributed by atoms with Crippen LogP contribution in [-0.4, -0.2) is 45.4 Å². The van der Waals surface area contributed by atoms with Crippen LogP contribution in [0.3, 0.4) is 0 Å². The minimum absolute atomic E-state index is 0. The number of rotatable bonds is 3. The molecule has 2 atom stereocenters. The minimum Gasteiger partial charge on any atom is -0.444 e. The number of halogens is 3. The van der Waals surface area contributed by atoms with Gasteiger partial charge in [-0.2, -0.15) is 0 Å². The highest BCUT2D eigenvalue weighted by Crippen LogP contribution is 2.36. The van der Waals surface area contributed by atoms with Crippen LogP contribution >= 0.6 is 44.3 Å². The first-order chi connectivity index (χ1) is 18.1. The number of hydrogen-bond donors (Lipinski definition) is 4. The molecule has 216 valence electrons. The van der Waals surface area contributed by atoms with Crippen molar-refractivity contribution < 1.29 is 29.0 Å². The molecule has 0 saturated carbocycles. The molecule has 2 aromatic carbocycles. The number of fused-ring (bicyclic) bond motifs is 2. The van der Waals surface area contributed by atoms with Gasteiger partial charge in [-0.3, -0.25) is 29.8 Å². The second-order valence-corrected chi connectivity index (χ2v) is 11.5. The highest BCUT2D eigenvalue weighted by atomic mass is 79.9. The smallest absolute Gasteiger partial charge is 0.408 e. The molecule has 0 bridgehead atoms. The predicted molar refractivity (Wildman–Crippen MR) is 155 cm³/mol. The number of benzene rings is 2. The van der Waals surface area contributed by atoms with Crippen molar-refractivity contribution in [2.75, 3.05) is 10.6 Å². The summed E-state index contributed by atoms with van der Waals surface area (Å²) in [6.07, 6.45) is -0.270. The van der Waals surface area contributed by atoms with Crippen LogP contribution in [-0.2, 0) is 27.2 Å². The number of anilines is 2. The molecule has 40 heavy (non-hydrogen) atoms. The quantitative estimate of drug-likeness (QED) is 0.264. The van der Waals surface area contributed by atoms with Crippen molar-refractivity contribution in [3.05, 3.63) is 64.6 Å². The summed E-state index contributed by atoms with van der Waals surface area (Å²) in [5.41, 5.74) is 6.21. The number of nitrogens with two attached hydrogens (primary N) is 1. The van der Waals surface area contributed by atoms with Gasteiger partial charge in [-0.15, -0.1) is 12.4 Å². The van der Waals surface area contributed by atoms with E-state index < -0.39 is 45.4 Å². The fourth-order valence-corrected chi connectivity index (χ4v) is 4.81. The Kier molecular flexibility index (Phi) is 10.6. The zero-order valence-electron chi connectivity index (χ0n) is 21.3. The van der Waals surface area contributed by atoms with Crippen LogP contribution in [0, 0.1) is 20.2 Å². The van der Waals surface area contributed by atoms with Crippen molar-refractivity contribution in [3.8, 4) is 0 Å². The molecule has 2 heterocycles.